The van der Waals surface area contributed by atoms with Crippen LogP contribution in [0.15, 0.2) is 72.8 Å². The Bertz CT molecular complexity index is 919. The quantitative estimate of drug-likeness (QED) is 0.507. The van der Waals surface area contributed by atoms with E-state index in [2.05, 4.69) is 24.5 Å². The molecule has 0 atom stereocenters. The van der Waals surface area contributed by atoms with Gasteiger partial charge < -0.3 is 15.7 Å². The van der Waals surface area contributed by atoms with E-state index >= 15 is 0 Å². The lowest BCUT2D eigenvalue weighted by Gasteiger charge is -2.11. The highest BCUT2D eigenvalue weighted by Crippen LogP contribution is 2.30. The van der Waals surface area contributed by atoms with Gasteiger partial charge in [-0.2, -0.15) is 0 Å². The van der Waals surface area contributed by atoms with Crippen molar-refractivity contribution in [3.8, 4) is 16.9 Å². The average molecular weight is 374 g/mol. The number of aromatic hydroxyl groups is 1. The lowest BCUT2D eigenvalue weighted by atomic mass is 10.0. The molecule has 0 unspecified atom stereocenters. The number of phenols is 1. The molecule has 0 saturated heterocycles. The molecule has 3 aromatic rings. The number of anilines is 1. The SMILES string of the molecule is CC(C)CNCc1ccc(C(=O)Nc2cc(-c3ccccc3)ccc2O)cc1. The molecule has 0 aliphatic heterocycles. The normalized spacial score (nSPS) is 10.8. The highest BCUT2D eigenvalue weighted by molar-refractivity contribution is 6.05. The van der Waals surface area contributed by atoms with Crippen LogP contribution in [-0.4, -0.2) is 17.6 Å². The smallest absolute Gasteiger partial charge is 0.255 e. The van der Waals surface area contributed by atoms with Crippen LogP contribution in [0, 0.1) is 5.92 Å². The predicted octanol–water partition coefficient (Wildman–Crippen LogP) is 5.06. The maximum atomic E-state index is 12.6. The molecule has 0 aliphatic carbocycles. The zero-order valence-corrected chi connectivity index (χ0v) is 16.3. The first-order chi connectivity index (χ1) is 13.5. The van der Waals surface area contributed by atoms with Gasteiger partial charge in [-0.15, -0.1) is 0 Å². The molecule has 1 amide bonds. The molecule has 0 spiro atoms. The van der Waals surface area contributed by atoms with Crippen molar-refractivity contribution in [2.75, 3.05) is 11.9 Å². The largest absolute Gasteiger partial charge is 0.506 e. The number of benzene rings is 3. The van der Waals surface area contributed by atoms with E-state index in [1.807, 2.05) is 48.5 Å². The van der Waals surface area contributed by atoms with E-state index in [-0.39, 0.29) is 11.7 Å². The summed E-state index contributed by atoms with van der Waals surface area (Å²) in [5.41, 5.74) is 4.04. The average Bonchev–Trinajstić information content (AvgIpc) is 2.70. The molecule has 28 heavy (non-hydrogen) atoms. The van der Waals surface area contributed by atoms with Crippen LogP contribution < -0.4 is 10.6 Å². The Morgan fingerprint density at radius 2 is 1.64 bits per heavy atom. The molecular formula is C24H26N2O2. The molecule has 144 valence electrons. The second-order valence-corrected chi connectivity index (χ2v) is 7.27. The Balaban J connectivity index is 1.69. The summed E-state index contributed by atoms with van der Waals surface area (Å²) >= 11 is 0. The van der Waals surface area contributed by atoms with E-state index in [1.165, 1.54) is 0 Å². The molecule has 0 aromatic heterocycles. The van der Waals surface area contributed by atoms with Crippen LogP contribution in [0.3, 0.4) is 0 Å². The minimum absolute atomic E-state index is 0.0440. The van der Waals surface area contributed by atoms with Gasteiger partial charge in [0.2, 0.25) is 0 Å². The maximum absolute atomic E-state index is 12.6. The zero-order valence-electron chi connectivity index (χ0n) is 16.3. The number of hydrogen-bond acceptors (Lipinski definition) is 3. The first kappa shape index (κ1) is 19.6. The Morgan fingerprint density at radius 1 is 0.929 bits per heavy atom. The molecular weight excluding hydrogens is 348 g/mol. The summed E-state index contributed by atoms with van der Waals surface area (Å²) in [4.78, 5) is 12.6. The van der Waals surface area contributed by atoms with Gasteiger partial charge in [0.25, 0.3) is 5.91 Å². The second-order valence-electron chi connectivity index (χ2n) is 7.27. The van der Waals surface area contributed by atoms with Crippen molar-refractivity contribution in [2.45, 2.75) is 20.4 Å². The van der Waals surface area contributed by atoms with E-state index in [0.29, 0.717) is 17.2 Å². The van der Waals surface area contributed by atoms with E-state index in [4.69, 9.17) is 0 Å². The van der Waals surface area contributed by atoms with Gasteiger partial charge >= 0.3 is 0 Å². The van der Waals surface area contributed by atoms with Gasteiger partial charge in [-0.1, -0.05) is 62.4 Å². The summed E-state index contributed by atoms with van der Waals surface area (Å²) in [5.74, 6) is 0.397. The monoisotopic (exact) mass is 374 g/mol. The van der Waals surface area contributed by atoms with Gasteiger partial charge in [0.05, 0.1) is 5.69 Å². The molecule has 4 heteroatoms. The lowest BCUT2D eigenvalue weighted by molar-refractivity contribution is 0.102. The second kappa shape index (κ2) is 9.20. The summed E-state index contributed by atoms with van der Waals surface area (Å²) in [7, 11) is 0. The third kappa shape index (κ3) is 5.21. The van der Waals surface area contributed by atoms with Crippen LogP contribution >= 0.6 is 0 Å². The van der Waals surface area contributed by atoms with E-state index < -0.39 is 0 Å². The molecule has 3 N–H and O–H groups in total. The van der Waals surface area contributed by atoms with Crippen LogP contribution in [0.2, 0.25) is 0 Å². The number of nitrogens with one attached hydrogen (secondary N) is 2. The number of phenolic OH excluding ortho intramolecular Hbond substituents is 1. The first-order valence-electron chi connectivity index (χ1n) is 9.52. The summed E-state index contributed by atoms with van der Waals surface area (Å²) in [6.45, 7) is 6.07. The molecule has 0 fully saturated rings. The van der Waals surface area contributed by atoms with E-state index in [0.717, 1.165) is 29.8 Å². The van der Waals surface area contributed by atoms with Gasteiger partial charge in [0.15, 0.2) is 0 Å². The number of amides is 1. The Morgan fingerprint density at radius 3 is 2.32 bits per heavy atom. The number of carbonyl (C=O) groups is 1. The van der Waals surface area contributed by atoms with Gasteiger partial charge in [-0.3, -0.25) is 4.79 Å². The standard InChI is InChI=1S/C24H26N2O2/c1-17(2)15-25-16-18-8-10-20(11-9-18)24(28)26-22-14-21(12-13-23(22)27)19-6-4-3-5-7-19/h3-14,17,25,27H,15-16H2,1-2H3,(H,26,28). The number of rotatable bonds is 7. The molecule has 0 radical (unpaired) electrons. The fourth-order valence-electron chi connectivity index (χ4n) is 2.92. The Hall–Kier alpha value is -3.11. The van der Waals surface area contributed by atoms with Crippen LogP contribution in [0.5, 0.6) is 5.75 Å². The maximum Gasteiger partial charge on any atom is 0.255 e. The van der Waals surface area contributed by atoms with Crippen molar-refractivity contribution >= 4 is 11.6 Å². The van der Waals surface area contributed by atoms with Crippen molar-refractivity contribution in [3.63, 3.8) is 0 Å². The fourth-order valence-corrected chi connectivity index (χ4v) is 2.92. The highest BCUT2D eigenvalue weighted by Gasteiger charge is 2.10. The van der Waals surface area contributed by atoms with Gasteiger partial charge in [-0.25, -0.2) is 0 Å². The van der Waals surface area contributed by atoms with Crippen molar-refractivity contribution in [1.29, 1.82) is 0 Å². The zero-order chi connectivity index (χ0) is 19.9. The topological polar surface area (TPSA) is 61.4 Å². The van der Waals surface area contributed by atoms with Gasteiger partial charge in [0.1, 0.15) is 5.75 Å². The van der Waals surface area contributed by atoms with Crippen LogP contribution in [0.25, 0.3) is 11.1 Å². The molecule has 3 rings (SSSR count). The van der Waals surface area contributed by atoms with Crippen LogP contribution in [-0.2, 0) is 6.54 Å². The van der Waals surface area contributed by atoms with E-state index in [9.17, 15) is 9.90 Å². The summed E-state index contributed by atoms with van der Waals surface area (Å²) in [6, 6.07) is 22.6. The summed E-state index contributed by atoms with van der Waals surface area (Å²) in [6.07, 6.45) is 0. The minimum atomic E-state index is -0.248. The minimum Gasteiger partial charge on any atom is -0.506 e. The van der Waals surface area contributed by atoms with Crippen molar-refractivity contribution in [1.82, 2.24) is 5.32 Å². The van der Waals surface area contributed by atoms with Gasteiger partial charge in [0, 0.05) is 12.1 Å². The first-order valence-corrected chi connectivity index (χ1v) is 9.52. The lowest BCUT2D eigenvalue weighted by Crippen LogP contribution is -2.19. The van der Waals surface area contributed by atoms with Crippen molar-refractivity contribution in [3.05, 3.63) is 83.9 Å². The Labute approximate surface area is 166 Å². The molecule has 4 nitrogen and oxygen atoms in total. The summed E-state index contributed by atoms with van der Waals surface area (Å²) < 4.78 is 0. The van der Waals surface area contributed by atoms with Crippen LogP contribution in [0.1, 0.15) is 29.8 Å². The number of carbonyl (C=O) groups excluding carboxylic acids is 1. The molecule has 3 aromatic carbocycles. The van der Waals surface area contributed by atoms with Gasteiger partial charge in [-0.05, 0) is 53.4 Å². The third-order valence-corrected chi connectivity index (χ3v) is 4.45. The number of hydrogen-bond donors (Lipinski definition) is 3. The molecule has 0 heterocycles. The summed E-state index contributed by atoms with van der Waals surface area (Å²) in [5, 5.41) is 16.3. The third-order valence-electron chi connectivity index (χ3n) is 4.45. The fraction of sp³-hybridized carbons (Fsp3) is 0.208. The van der Waals surface area contributed by atoms with Crippen LogP contribution in [0.4, 0.5) is 5.69 Å². The van der Waals surface area contributed by atoms with Crippen molar-refractivity contribution in [2.24, 2.45) is 5.92 Å². The van der Waals surface area contributed by atoms with Crippen molar-refractivity contribution < 1.29 is 9.90 Å². The molecule has 0 aliphatic rings. The van der Waals surface area contributed by atoms with E-state index in [1.54, 1.807) is 24.3 Å². The highest BCUT2D eigenvalue weighted by atomic mass is 16.3. The Kier molecular flexibility index (Phi) is 6.45. The molecule has 0 bridgehead atoms. The molecule has 0 saturated carbocycles. The predicted molar refractivity (Wildman–Crippen MR) is 114 cm³/mol.